The van der Waals surface area contributed by atoms with Crippen molar-refractivity contribution in [1.29, 1.82) is 0 Å². The third kappa shape index (κ3) is 5.06. The van der Waals surface area contributed by atoms with Crippen LogP contribution in [0.5, 0.6) is 11.5 Å². The third-order valence-electron chi connectivity index (χ3n) is 3.80. The molecule has 1 heterocycles. The summed E-state index contributed by atoms with van der Waals surface area (Å²) in [5.41, 5.74) is 1.33. The maximum absolute atomic E-state index is 12.2. The number of nitrogens with one attached hydrogen (secondary N) is 1. The number of hydrogen-bond acceptors (Lipinski definition) is 5. The zero-order valence-electron chi connectivity index (χ0n) is 14.1. The van der Waals surface area contributed by atoms with Gasteiger partial charge in [-0.1, -0.05) is 41.9 Å². The number of benzene rings is 2. The predicted octanol–water partition coefficient (Wildman–Crippen LogP) is 3.91. The Kier molecular flexibility index (Phi) is 6.66. The first-order valence-electron chi connectivity index (χ1n) is 8.33. The zero-order chi connectivity index (χ0) is 18.4. The molecule has 0 fully saturated rings. The van der Waals surface area contributed by atoms with Crippen molar-refractivity contribution >= 4 is 35.0 Å². The van der Waals surface area contributed by atoms with Crippen molar-refractivity contribution in [3.05, 3.63) is 53.1 Å². The largest absolute Gasteiger partial charge is 0.490 e. The van der Waals surface area contributed by atoms with Gasteiger partial charge in [-0.2, -0.15) is 0 Å². The Hall–Kier alpha value is -1.89. The van der Waals surface area contributed by atoms with E-state index < -0.39 is 6.10 Å². The van der Waals surface area contributed by atoms with E-state index in [9.17, 15) is 9.90 Å². The molecule has 0 saturated carbocycles. The fourth-order valence-corrected chi connectivity index (χ4v) is 3.49. The number of fused-ring (bicyclic) bond motifs is 1. The van der Waals surface area contributed by atoms with Crippen molar-refractivity contribution < 1.29 is 19.4 Å². The highest BCUT2D eigenvalue weighted by atomic mass is 35.5. The van der Waals surface area contributed by atoms with Crippen LogP contribution in [-0.2, 0) is 4.79 Å². The number of halogens is 1. The summed E-state index contributed by atoms with van der Waals surface area (Å²) >= 11 is 7.59. The number of aliphatic hydroxyl groups excluding tert-OH is 1. The minimum Gasteiger partial charge on any atom is -0.490 e. The van der Waals surface area contributed by atoms with Crippen LogP contribution >= 0.6 is 23.4 Å². The van der Waals surface area contributed by atoms with E-state index in [0.29, 0.717) is 41.2 Å². The Morgan fingerprint density at radius 3 is 2.62 bits per heavy atom. The SMILES string of the molecule is O=C(CSCC(O)c1ccccc1)Nc1cc2c(cc1Cl)OCCCO2. The highest BCUT2D eigenvalue weighted by Gasteiger charge is 2.16. The summed E-state index contributed by atoms with van der Waals surface area (Å²) in [7, 11) is 0. The second kappa shape index (κ2) is 9.16. The van der Waals surface area contributed by atoms with E-state index in [-0.39, 0.29) is 11.7 Å². The summed E-state index contributed by atoms with van der Waals surface area (Å²) in [6.07, 6.45) is 0.199. The Balaban J connectivity index is 1.52. The first-order valence-corrected chi connectivity index (χ1v) is 9.86. The Morgan fingerprint density at radius 1 is 1.19 bits per heavy atom. The molecule has 1 aliphatic heterocycles. The second-order valence-corrected chi connectivity index (χ2v) is 7.26. The maximum Gasteiger partial charge on any atom is 0.234 e. The molecule has 0 spiro atoms. The molecule has 1 amide bonds. The highest BCUT2D eigenvalue weighted by Crippen LogP contribution is 2.37. The average molecular weight is 394 g/mol. The molecule has 2 aromatic carbocycles. The van der Waals surface area contributed by atoms with E-state index in [4.69, 9.17) is 21.1 Å². The topological polar surface area (TPSA) is 67.8 Å². The second-order valence-electron chi connectivity index (χ2n) is 5.82. The molecular weight excluding hydrogens is 374 g/mol. The monoisotopic (exact) mass is 393 g/mol. The van der Waals surface area contributed by atoms with Gasteiger partial charge in [0.2, 0.25) is 5.91 Å². The number of hydrogen-bond donors (Lipinski definition) is 2. The van der Waals surface area contributed by atoms with Crippen molar-refractivity contribution in [1.82, 2.24) is 0 Å². The van der Waals surface area contributed by atoms with Gasteiger partial charge in [0.25, 0.3) is 0 Å². The summed E-state index contributed by atoms with van der Waals surface area (Å²) in [5, 5.41) is 13.3. The van der Waals surface area contributed by atoms with Crippen LogP contribution in [0.3, 0.4) is 0 Å². The number of thioether (sulfide) groups is 1. The Bertz CT molecular complexity index is 757. The molecule has 138 valence electrons. The standard InChI is InChI=1S/C19H20ClNO4S/c20-14-9-17-18(25-8-4-7-24-17)10-15(14)21-19(23)12-26-11-16(22)13-5-2-1-3-6-13/h1-3,5-6,9-10,16,22H,4,7-8,11-12H2,(H,21,23). The molecule has 0 bridgehead atoms. The van der Waals surface area contributed by atoms with Crippen molar-refractivity contribution in [3.8, 4) is 11.5 Å². The van der Waals surface area contributed by atoms with Gasteiger partial charge in [-0.15, -0.1) is 11.8 Å². The van der Waals surface area contributed by atoms with E-state index in [0.717, 1.165) is 12.0 Å². The van der Waals surface area contributed by atoms with Gasteiger partial charge in [-0.05, 0) is 5.56 Å². The Morgan fingerprint density at radius 2 is 1.88 bits per heavy atom. The lowest BCUT2D eigenvalue weighted by Crippen LogP contribution is -2.15. The van der Waals surface area contributed by atoms with E-state index in [1.807, 2.05) is 30.3 Å². The first-order chi connectivity index (χ1) is 12.6. The Labute approximate surface area is 161 Å². The van der Waals surface area contributed by atoms with Crippen molar-refractivity contribution in [2.24, 2.45) is 0 Å². The van der Waals surface area contributed by atoms with Gasteiger partial charge in [-0.3, -0.25) is 4.79 Å². The van der Waals surface area contributed by atoms with Gasteiger partial charge < -0.3 is 19.9 Å². The van der Waals surface area contributed by atoms with Crippen molar-refractivity contribution in [3.63, 3.8) is 0 Å². The van der Waals surface area contributed by atoms with Crippen molar-refractivity contribution in [2.75, 3.05) is 30.0 Å². The summed E-state index contributed by atoms with van der Waals surface area (Å²) in [6, 6.07) is 12.7. The fraction of sp³-hybridized carbons (Fsp3) is 0.316. The van der Waals surface area contributed by atoms with Gasteiger partial charge in [0.05, 0.1) is 35.8 Å². The minimum absolute atomic E-state index is 0.188. The van der Waals surface area contributed by atoms with Crippen molar-refractivity contribution in [2.45, 2.75) is 12.5 Å². The normalized spacial score (nSPS) is 14.4. The smallest absolute Gasteiger partial charge is 0.234 e. The molecule has 2 aromatic rings. The number of ether oxygens (including phenoxy) is 2. The number of carbonyl (C=O) groups is 1. The molecule has 1 unspecified atom stereocenters. The van der Waals surface area contributed by atoms with E-state index in [2.05, 4.69) is 5.32 Å². The van der Waals surface area contributed by atoms with Crippen LogP contribution in [0.1, 0.15) is 18.1 Å². The zero-order valence-corrected chi connectivity index (χ0v) is 15.7. The molecule has 0 aromatic heterocycles. The van der Waals surface area contributed by atoms with E-state index >= 15 is 0 Å². The number of rotatable bonds is 6. The lowest BCUT2D eigenvalue weighted by Gasteiger charge is -2.13. The van der Waals surface area contributed by atoms with Crippen LogP contribution in [0.2, 0.25) is 5.02 Å². The summed E-state index contributed by atoms with van der Waals surface area (Å²) < 4.78 is 11.2. The molecule has 7 heteroatoms. The molecule has 1 aliphatic rings. The lowest BCUT2D eigenvalue weighted by molar-refractivity contribution is -0.113. The van der Waals surface area contributed by atoms with Gasteiger partial charge in [0, 0.05) is 24.3 Å². The molecule has 0 aliphatic carbocycles. The first kappa shape index (κ1) is 18.9. The average Bonchev–Trinajstić information content (AvgIpc) is 2.87. The number of anilines is 1. The van der Waals surface area contributed by atoms with Crippen LogP contribution < -0.4 is 14.8 Å². The van der Waals surface area contributed by atoms with Crippen LogP contribution in [0.25, 0.3) is 0 Å². The van der Waals surface area contributed by atoms with E-state index in [1.165, 1.54) is 11.8 Å². The van der Waals surface area contributed by atoms with Gasteiger partial charge in [0.1, 0.15) is 0 Å². The molecule has 1 atom stereocenters. The molecule has 3 rings (SSSR count). The molecule has 0 saturated heterocycles. The lowest BCUT2D eigenvalue weighted by atomic mass is 10.1. The summed E-state index contributed by atoms with van der Waals surface area (Å²) in [4.78, 5) is 12.2. The molecule has 26 heavy (non-hydrogen) atoms. The number of carbonyl (C=O) groups excluding carboxylic acids is 1. The summed E-state index contributed by atoms with van der Waals surface area (Å²) in [5.74, 6) is 1.63. The van der Waals surface area contributed by atoms with Crippen LogP contribution in [0, 0.1) is 0 Å². The third-order valence-corrected chi connectivity index (χ3v) is 5.13. The van der Waals surface area contributed by atoms with Gasteiger partial charge in [0.15, 0.2) is 11.5 Å². The van der Waals surface area contributed by atoms with Gasteiger partial charge >= 0.3 is 0 Å². The maximum atomic E-state index is 12.2. The van der Waals surface area contributed by atoms with Gasteiger partial charge in [-0.25, -0.2) is 0 Å². The quantitative estimate of drug-likeness (QED) is 0.778. The molecule has 5 nitrogen and oxygen atoms in total. The van der Waals surface area contributed by atoms with Crippen LogP contribution in [-0.4, -0.2) is 35.7 Å². The minimum atomic E-state index is -0.601. The highest BCUT2D eigenvalue weighted by molar-refractivity contribution is 8.00. The summed E-state index contributed by atoms with van der Waals surface area (Å²) in [6.45, 7) is 1.14. The van der Waals surface area contributed by atoms with Crippen LogP contribution in [0.15, 0.2) is 42.5 Å². The predicted molar refractivity (Wildman–Crippen MR) is 104 cm³/mol. The molecule has 2 N–H and O–H groups in total. The molecule has 0 radical (unpaired) electrons. The van der Waals surface area contributed by atoms with E-state index in [1.54, 1.807) is 12.1 Å². The van der Waals surface area contributed by atoms with Crippen LogP contribution in [0.4, 0.5) is 5.69 Å². The number of amides is 1. The number of aliphatic hydroxyl groups is 1. The fourth-order valence-electron chi connectivity index (χ4n) is 2.50. The molecular formula is C19H20ClNO4S.